The van der Waals surface area contributed by atoms with Gasteiger partial charge in [-0.2, -0.15) is 15.6 Å². The SMILES string of the molecule is COc1cnc2c(NN=C(C#N)C#N)cccc2c1. The molecule has 6 nitrogen and oxygen atoms in total. The molecule has 92 valence electrons. The molecule has 0 aliphatic heterocycles. The molecule has 0 unspecified atom stereocenters. The topological polar surface area (TPSA) is 94.1 Å². The molecule has 2 rings (SSSR count). The van der Waals surface area contributed by atoms with E-state index in [0.717, 1.165) is 5.39 Å². The summed E-state index contributed by atoms with van der Waals surface area (Å²) in [6.45, 7) is 0. The van der Waals surface area contributed by atoms with Crippen molar-refractivity contribution in [2.45, 2.75) is 0 Å². The Morgan fingerprint density at radius 1 is 1.37 bits per heavy atom. The number of aromatic nitrogens is 1. The van der Waals surface area contributed by atoms with Gasteiger partial charge in [-0.3, -0.25) is 10.4 Å². The number of rotatable bonds is 3. The summed E-state index contributed by atoms with van der Waals surface area (Å²) >= 11 is 0. The zero-order chi connectivity index (χ0) is 13.7. The second-order valence-corrected chi connectivity index (χ2v) is 3.55. The summed E-state index contributed by atoms with van der Waals surface area (Å²) in [5, 5.41) is 21.8. The summed E-state index contributed by atoms with van der Waals surface area (Å²) in [4.78, 5) is 4.26. The maximum Gasteiger partial charge on any atom is 0.237 e. The highest BCUT2D eigenvalue weighted by molar-refractivity contribution is 6.10. The first-order valence-corrected chi connectivity index (χ1v) is 5.35. The number of nitrogens with zero attached hydrogens (tertiary/aromatic N) is 4. The third-order valence-electron chi connectivity index (χ3n) is 2.42. The van der Waals surface area contributed by atoms with Gasteiger partial charge >= 0.3 is 0 Å². The van der Waals surface area contributed by atoms with Crippen LogP contribution in [0.15, 0.2) is 35.6 Å². The molecule has 0 fully saturated rings. The smallest absolute Gasteiger partial charge is 0.237 e. The van der Waals surface area contributed by atoms with Gasteiger partial charge in [0.15, 0.2) is 0 Å². The standard InChI is InChI=1S/C13H9N5O/c1-19-11-5-9-3-2-4-12(13(9)16-8-11)18-17-10(6-14)7-15/h2-5,8,18H,1H3. The Balaban J connectivity index is 2.43. The van der Waals surface area contributed by atoms with E-state index in [1.165, 1.54) is 0 Å². The van der Waals surface area contributed by atoms with Crippen LogP contribution in [0.1, 0.15) is 0 Å². The molecule has 0 amide bonds. The highest BCUT2D eigenvalue weighted by Gasteiger charge is 2.03. The molecule has 1 aromatic heterocycles. The minimum absolute atomic E-state index is 0.245. The summed E-state index contributed by atoms with van der Waals surface area (Å²) in [7, 11) is 1.57. The quantitative estimate of drug-likeness (QED) is 0.665. The molecule has 0 aliphatic carbocycles. The van der Waals surface area contributed by atoms with Gasteiger partial charge in [0.05, 0.1) is 24.5 Å². The van der Waals surface area contributed by atoms with Gasteiger partial charge in [0.2, 0.25) is 5.71 Å². The fraction of sp³-hybridized carbons (Fsp3) is 0.0769. The van der Waals surface area contributed by atoms with Crippen LogP contribution in [0.2, 0.25) is 0 Å². The zero-order valence-electron chi connectivity index (χ0n) is 10.1. The van der Waals surface area contributed by atoms with Crippen molar-refractivity contribution in [1.29, 1.82) is 10.5 Å². The van der Waals surface area contributed by atoms with Crippen LogP contribution in [0.25, 0.3) is 10.9 Å². The average molecular weight is 251 g/mol. The molecule has 0 bridgehead atoms. The molecule has 0 radical (unpaired) electrons. The lowest BCUT2D eigenvalue weighted by atomic mass is 10.2. The Labute approximate surface area is 109 Å². The number of anilines is 1. The number of methoxy groups -OCH3 is 1. The van der Waals surface area contributed by atoms with Crippen LogP contribution >= 0.6 is 0 Å². The van der Waals surface area contributed by atoms with Crippen molar-refractivity contribution in [2.24, 2.45) is 5.10 Å². The second-order valence-electron chi connectivity index (χ2n) is 3.55. The van der Waals surface area contributed by atoms with Crippen molar-refractivity contribution in [3.05, 3.63) is 30.5 Å². The van der Waals surface area contributed by atoms with Crippen LogP contribution in [0.4, 0.5) is 5.69 Å². The summed E-state index contributed by atoms with van der Waals surface area (Å²) in [5.41, 5.74) is 3.72. The van der Waals surface area contributed by atoms with Crippen molar-refractivity contribution in [3.8, 4) is 17.9 Å². The Morgan fingerprint density at radius 2 is 2.16 bits per heavy atom. The summed E-state index contributed by atoms with van der Waals surface area (Å²) in [6, 6.07) is 10.7. The number of hydrogen-bond acceptors (Lipinski definition) is 6. The Bertz CT molecular complexity index is 708. The van der Waals surface area contributed by atoms with E-state index in [1.54, 1.807) is 31.5 Å². The average Bonchev–Trinajstić information content (AvgIpc) is 2.47. The number of hydrogen-bond donors (Lipinski definition) is 1. The maximum atomic E-state index is 8.61. The van der Waals surface area contributed by atoms with Crippen LogP contribution < -0.4 is 10.2 Å². The number of fused-ring (bicyclic) bond motifs is 1. The van der Waals surface area contributed by atoms with Crippen LogP contribution in [-0.4, -0.2) is 17.8 Å². The van der Waals surface area contributed by atoms with E-state index >= 15 is 0 Å². The summed E-state index contributed by atoms with van der Waals surface area (Å²) < 4.78 is 5.10. The van der Waals surface area contributed by atoms with E-state index in [9.17, 15) is 0 Å². The zero-order valence-corrected chi connectivity index (χ0v) is 10.1. The molecule has 0 saturated heterocycles. The molecule has 19 heavy (non-hydrogen) atoms. The van der Waals surface area contributed by atoms with Gasteiger partial charge in [-0.15, -0.1) is 0 Å². The highest BCUT2D eigenvalue weighted by atomic mass is 16.5. The van der Waals surface area contributed by atoms with Crippen molar-refractivity contribution in [3.63, 3.8) is 0 Å². The van der Waals surface area contributed by atoms with Gasteiger partial charge in [0, 0.05) is 5.39 Å². The Hall–Kier alpha value is -3.12. The highest BCUT2D eigenvalue weighted by Crippen LogP contribution is 2.24. The normalized spacial score (nSPS) is 9.21. The van der Waals surface area contributed by atoms with E-state index in [2.05, 4.69) is 15.5 Å². The molecule has 1 aromatic carbocycles. The molecule has 0 atom stereocenters. The Kier molecular flexibility index (Phi) is 3.56. The first-order valence-electron chi connectivity index (χ1n) is 5.35. The molecule has 0 saturated carbocycles. The number of pyridine rings is 1. The molecule has 0 aliphatic rings. The third-order valence-corrected chi connectivity index (χ3v) is 2.42. The molecule has 1 heterocycles. The van der Waals surface area contributed by atoms with E-state index in [-0.39, 0.29) is 5.71 Å². The van der Waals surface area contributed by atoms with Crippen LogP contribution in [0.3, 0.4) is 0 Å². The molecular formula is C13H9N5O. The lowest BCUT2D eigenvalue weighted by molar-refractivity contribution is 0.414. The van der Waals surface area contributed by atoms with Crippen molar-refractivity contribution >= 4 is 22.3 Å². The first kappa shape index (κ1) is 12.3. The number of nitrogens with one attached hydrogen (secondary N) is 1. The van der Waals surface area contributed by atoms with Crippen molar-refractivity contribution in [2.75, 3.05) is 12.5 Å². The predicted octanol–water partition coefficient (Wildman–Crippen LogP) is 2.06. The lowest BCUT2D eigenvalue weighted by Gasteiger charge is -2.06. The Morgan fingerprint density at radius 3 is 2.84 bits per heavy atom. The first-order chi connectivity index (χ1) is 9.28. The van der Waals surface area contributed by atoms with E-state index in [1.807, 2.05) is 18.2 Å². The van der Waals surface area contributed by atoms with Crippen LogP contribution in [0, 0.1) is 22.7 Å². The van der Waals surface area contributed by atoms with Crippen molar-refractivity contribution < 1.29 is 4.74 Å². The largest absolute Gasteiger partial charge is 0.495 e. The lowest BCUT2D eigenvalue weighted by Crippen LogP contribution is -1.97. The van der Waals surface area contributed by atoms with E-state index < -0.39 is 0 Å². The molecule has 2 aromatic rings. The third kappa shape index (κ3) is 2.59. The molecular weight excluding hydrogens is 242 g/mol. The van der Waals surface area contributed by atoms with E-state index in [0.29, 0.717) is 17.0 Å². The second kappa shape index (κ2) is 5.48. The molecule has 1 N–H and O–H groups in total. The minimum Gasteiger partial charge on any atom is -0.495 e. The van der Waals surface area contributed by atoms with Gasteiger partial charge < -0.3 is 4.74 Å². The number of benzene rings is 1. The number of nitriles is 2. The van der Waals surface area contributed by atoms with Gasteiger partial charge in [0.25, 0.3) is 0 Å². The number of para-hydroxylation sites is 1. The van der Waals surface area contributed by atoms with Gasteiger partial charge in [-0.1, -0.05) is 12.1 Å². The van der Waals surface area contributed by atoms with Gasteiger partial charge in [-0.25, -0.2) is 0 Å². The predicted molar refractivity (Wildman–Crippen MR) is 70.6 cm³/mol. The molecule has 0 spiro atoms. The molecule has 6 heteroatoms. The maximum absolute atomic E-state index is 8.61. The van der Waals surface area contributed by atoms with Crippen LogP contribution in [-0.2, 0) is 0 Å². The van der Waals surface area contributed by atoms with E-state index in [4.69, 9.17) is 15.3 Å². The van der Waals surface area contributed by atoms with Gasteiger partial charge in [-0.05, 0) is 12.1 Å². The van der Waals surface area contributed by atoms with Gasteiger partial charge in [0.1, 0.15) is 17.9 Å². The number of hydrazone groups is 1. The monoisotopic (exact) mass is 251 g/mol. The van der Waals surface area contributed by atoms with Crippen LogP contribution in [0.5, 0.6) is 5.75 Å². The fourth-order valence-corrected chi connectivity index (χ4v) is 1.53. The number of ether oxygens (including phenoxy) is 1. The summed E-state index contributed by atoms with van der Waals surface area (Å²) in [5.74, 6) is 0.655. The minimum atomic E-state index is -0.245. The fourth-order valence-electron chi connectivity index (χ4n) is 1.53. The van der Waals surface area contributed by atoms with Crippen molar-refractivity contribution in [1.82, 2.24) is 4.98 Å². The summed E-state index contributed by atoms with van der Waals surface area (Å²) in [6.07, 6.45) is 1.59.